The van der Waals surface area contributed by atoms with Gasteiger partial charge in [-0.15, -0.1) is 11.8 Å². The molecule has 1 saturated heterocycles. The summed E-state index contributed by atoms with van der Waals surface area (Å²) in [5.41, 5.74) is 1.99. The Morgan fingerprint density at radius 1 is 1.00 bits per heavy atom. The fourth-order valence-corrected chi connectivity index (χ4v) is 3.54. The van der Waals surface area contributed by atoms with Crippen molar-refractivity contribution in [3.63, 3.8) is 0 Å². The summed E-state index contributed by atoms with van der Waals surface area (Å²) in [6, 6.07) is 19.1. The molecule has 1 aliphatic heterocycles. The van der Waals surface area contributed by atoms with Gasteiger partial charge in [-0.2, -0.15) is 0 Å². The van der Waals surface area contributed by atoms with Gasteiger partial charge in [0, 0.05) is 12.2 Å². The maximum absolute atomic E-state index is 12.5. The summed E-state index contributed by atoms with van der Waals surface area (Å²) in [6.45, 7) is 0.303. The third kappa shape index (κ3) is 3.93. The van der Waals surface area contributed by atoms with Crippen molar-refractivity contribution >= 4 is 23.7 Å². The number of benzene rings is 2. The highest BCUT2D eigenvalue weighted by Gasteiger charge is 2.27. The van der Waals surface area contributed by atoms with E-state index in [0.717, 1.165) is 11.1 Å². The standard InChI is InChI=1S/C18H18N2O2S/c21-16-11-12-23-17(15-9-5-2-6-10-15)19-18(22)20(16)13-14-7-3-1-4-8-14/h1-10,17H,11-13H2,(H,19,22). The second-order valence-electron chi connectivity index (χ2n) is 5.33. The fraction of sp³-hybridized carbons (Fsp3) is 0.222. The third-order valence-electron chi connectivity index (χ3n) is 3.69. The van der Waals surface area contributed by atoms with Crippen molar-refractivity contribution < 1.29 is 9.59 Å². The molecule has 0 bridgehead atoms. The van der Waals surface area contributed by atoms with E-state index in [1.165, 1.54) is 4.90 Å². The van der Waals surface area contributed by atoms with Gasteiger partial charge >= 0.3 is 6.03 Å². The van der Waals surface area contributed by atoms with Crippen LogP contribution in [0.25, 0.3) is 0 Å². The van der Waals surface area contributed by atoms with Crippen LogP contribution in [0, 0.1) is 0 Å². The van der Waals surface area contributed by atoms with Crippen LogP contribution >= 0.6 is 11.8 Å². The van der Waals surface area contributed by atoms with Crippen molar-refractivity contribution in [2.75, 3.05) is 5.75 Å². The molecular weight excluding hydrogens is 308 g/mol. The molecule has 1 aliphatic rings. The quantitative estimate of drug-likeness (QED) is 0.938. The summed E-state index contributed by atoms with van der Waals surface area (Å²) < 4.78 is 0. The van der Waals surface area contributed by atoms with Crippen LogP contribution in [0.3, 0.4) is 0 Å². The lowest BCUT2D eigenvalue weighted by Crippen LogP contribution is -2.45. The molecule has 3 rings (SSSR count). The normalized spacial score (nSPS) is 19.0. The smallest absolute Gasteiger partial charge is 0.322 e. The average molecular weight is 326 g/mol. The zero-order valence-corrected chi connectivity index (χ0v) is 13.5. The number of amides is 3. The predicted octanol–water partition coefficient (Wildman–Crippen LogP) is 3.56. The van der Waals surface area contributed by atoms with Gasteiger partial charge in [0.05, 0.1) is 6.54 Å². The maximum atomic E-state index is 12.5. The van der Waals surface area contributed by atoms with Gasteiger partial charge in [0.25, 0.3) is 0 Å². The van der Waals surface area contributed by atoms with Crippen LogP contribution in [0.4, 0.5) is 4.79 Å². The second kappa shape index (κ2) is 7.33. The van der Waals surface area contributed by atoms with Gasteiger partial charge in [-0.3, -0.25) is 9.69 Å². The number of hydrogen-bond acceptors (Lipinski definition) is 3. The molecule has 23 heavy (non-hydrogen) atoms. The maximum Gasteiger partial charge on any atom is 0.325 e. The molecule has 0 aromatic heterocycles. The van der Waals surface area contributed by atoms with E-state index in [1.807, 2.05) is 60.7 Å². The summed E-state index contributed by atoms with van der Waals surface area (Å²) >= 11 is 1.59. The van der Waals surface area contributed by atoms with Gasteiger partial charge in [0.2, 0.25) is 5.91 Å². The van der Waals surface area contributed by atoms with Gasteiger partial charge in [0.1, 0.15) is 5.37 Å². The van der Waals surface area contributed by atoms with Gasteiger partial charge < -0.3 is 5.32 Å². The molecule has 1 fully saturated rings. The van der Waals surface area contributed by atoms with E-state index in [9.17, 15) is 9.59 Å². The zero-order valence-electron chi connectivity index (χ0n) is 12.6. The summed E-state index contributed by atoms with van der Waals surface area (Å²) in [6.07, 6.45) is 0.369. The molecule has 2 aromatic carbocycles. The van der Waals surface area contributed by atoms with Gasteiger partial charge in [-0.25, -0.2) is 4.79 Å². The first-order valence-electron chi connectivity index (χ1n) is 7.55. The Hall–Kier alpha value is -2.27. The van der Waals surface area contributed by atoms with E-state index in [-0.39, 0.29) is 17.3 Å². The molecule has 3 amide bonds. The van der Waals surface area contributed by atoms with Crippen LogP contribution in [0.1, 0.15) is 22.9 Å². The van der Waals surface area contributed by atoms with Crippen LogP contribution < -0.4 is 5.32 Å². The number of hydrogen-bond donors (Lipinski definition) is 1. The van der Waals surface area contributed by atoms with Gasteiger partial charge in [-0.1, -0.05) is 60.7 Å². The SMILES string of the molecule is O=C1CCSC(c2ccccc2)NC(=O)N1Cc1ccccc1. The highest BCUT2D eigenvalue weighted by atomic mass is 32.2. The van der Waals surface area contributed by atoms with E-state index in [1.54, 1.807) is 11.8 Å². The van der Waals surface area contributed by atoms with Crippen molar-refractivity contribution in [2.24, 2.45) is 0 Å². The van der Waals surface area contributed by atoms with Crippen molar-refractivity contribution in [3.8, 4) is 0 Å². The Kier molecular flexibility index (Phi) is 4.98. The van der Waals surface area contributed by atoms with Crippen molar-refractivity contribution in [1.82, 2.24) is 10.2 Å². The first-order valence-corrected chi connectivity index (χ1v) is 8.60. The van der Waals surface area contributed by atoms with Crippen molar-refractivity contribution in [1.29, 1.82) is 0 Å². The topological polar surface area (TPSA) is 49.4 Å². The average Bonchev–Trinajstić information content (AvgIpc) is 2.59. The first kappa shape index (κ1) is 15.6. The molecule has 1 heterocycles. The molecule has 1 atom stereocenters. The second-order valence-corrected chi connectivity index (χ2v) is 6.54. The summed E-state index contributed by atoms with van der Waals surface area (Å²) in [4.78, 5) is 26.1. The van der Waals surface area contributed by atoms with Crippen LogP contribution in [0.5, 0.6) is 0 Å². The minimum Gasteiger partial charge on any atom is -0.322 e. The number of carbonyl (C=O) groups excluding carboxylic acids is 2. The highest BCUT2D eigenvalue weighted by molar-refractivity contribution is 7.99. The number of imide groups is 1. The van der Waals surface area contributed by atoms with E-state index >= 15 is 0 Å². The fourth-order valence-electron chi connectivity index (χ4n) is 2.48. The van der Waals surface area contributed by atoms with E-state index < -0.39 is 0 Å². The van der Waals surface area contributed by atoms with Crippen LogP contribution in [0.2, 0.25) is 0 Å². The minimum atomic E-state index is -0.333. The molecule has 4 nitrogen and oxygen atoms in total. The first-order chi connectivity index (χ1) is 11.2. The number of thioether (sulfide) groups is 1. The summed E-state index contributed by atoms with van der Waals surface area (Å²) in [7, 11) is 0. The lowest BCUT2D eigenvalue weighted by molar-refractivity contribution is -0.128. The number of nitrogens with zero attached hydrogens (tertiary/aromatic N) is 1. The zero-order chi connectivity index (χ0) is 16.1. The van der Waals surface area contributed by atoms with Gasteiger partial charge in [0.15, 0.2) is 0 Å². The molecule has 5 heteroatoms. The Labute approximate surface area is 139 Å². The van der Waals surface area contributed by atoms with Gasteiger partial charge in [-0.05, 0) is 11.1 Å². The van der Waals surface area contributed by atoms with Crippen LogP contribution in [-0.4, -0.2) is 22.6 Å². The lowest BCUT2D eigenvalue weighted by Gasteiger charge is -2.28. The van der Waals surface area contributed by atoms with Crippen molar-refractivity contribution in [3.05, 3.63) is 71.8 Å². The van der Waals surface area contributed by atoms with Crippen LogP contribution in [-0.2, 0) is 11.3 Å². The lowest BCUT2D eigenvalue weighted by atomic mass is 10.2. The largest absolute Gasteiger partial charge is 0.325 e. The number of urea groups is 1. The molecule has 2 aromatic rings. The minimum absolute atomic E-state index is 0.130. The molecule has 0 saturated carbocycles. The predicted molar refractivity (Wildman–Crippen MR) is 91.8 cm³/mol. The monoisotopic (exact) mass is 326 g/mol. The molecule has 1 unspecified atom stereocenters. The highest BCUT2D eigenvalue weighted by Crippen LogP contribution is 2.28. The molecule has 0 spiro atoms. The summed E-state index contributed by atoms with van der Waals surface area (Å²) in [5.74, 6) is 0.551. The number of carbonyl (C=O) groups is 2. The van der Waals surface area contributed by atoms with E-state index in [2.05, 4.69) is 5.32 Å². The molecule has 0 aliphatic carbocycles. The Morgan fingerprint density at radius 2 is 1.65 bits per heavy atom. The third-order valence-corrected chi connectivity index (χ3v) is 4.85. The number of rotatable bonds is 3. The summed E-state index contributed by atoms with van der Waals surface area (Å²) in [5, 5.41) is 2.84. The Bertz CT molecular complexity index is 676. The number of nitrogens with one attached hydrogen (secondary N) is 1. The molecule has 1 N–H and O–H groups in total. The van der Waals surface area contributed by atoms with E-state index in [0.29, 0.717) is 18.7 Å². The molecule has 118 valence electrons. The van der Waals surface area contributed by atoms with Crippen molar-refractivity contribution in [2.45, 2.75) is 18.3 Å². The molecule has 0 radical (unpaired) electrons. The van der Waals surface area contributed by atoms with E-state index in [4.69, 9.17) is 0 Å². The Balaban J connectivity index is 1.77. The Morgan fingerprint density at radius 3 is 2.35 bits per heavy atom. The van der Waals surface area contributed by atoms with Crippen LogP contribution in [0.15, 0.2) is 60.7 Å². The molecular formula is C18H18N2O2S.